The Balaban J connectivity index is 2.67. The molecule has 4 heteroatoms. The lowest BCUT2D eigenvalue weighted by atomic mass is 10.0. The van der Waals surface area contributed by atoms with Crippen molar-refractivity contribution >= 4 is 11.6 Å². The van der Waals surface area contributed by atoms with Crippen LogP contribution < -0.4 is 11.3 Å². The van der Waals surface area contributed by atoms with Gasteiger partial charge in [-0.05, 0) is 37.0 Å². The molecule has 0 radical (unpaired) electrons. The fourth-order valence-electron chi connectivity index (χ4n) is 1.66. The second-order valence-corrected chi connectivity index (χ2v) is 4.27. The number of rotatable bonds is 6. The number of benzene rings is 1. The number of hydrogen-bond donors (Lipinski definition) is 2. The van der Waals surface area contributed by atoms with E-state index in [1.54, 1.807) is 7.11 Å². The van der Waals surface area contributed by atoms with Crippen molar-refractivity contribution in [3.63, 3.8) is 0 Å². The maximum absolute atomic E-state index is 5.98. The quantitative estimate of drug-likeness (QED) is 0.458. The van der Waals surface area contributed by atoms with E-state index in [2.05, 4.69) is 11.5 Å². The van der Waals surface area contributed by atoms with Crippen LogP contribution in [0.1, 0.15) is 30.0 Å². The maximum atomic E-state index is 5.98. The first-order chi connectivity index (χ1) is 7.69. The largest absolute Gasteiger partial charge is 0.385 e. The lowest BCUT2D eigenvalue weighted by molar-refractivity contribution is 0.189. The van der Waals surface area contributed by atoms with E-state index >= 15 is 0 Å². The van der Waals surface area contributed by atoms with Crippen molar-refractivity contribution < 1.29 is 4.74 Å². The normalized spacial score (nSPS) is 12.8. The van der Waals surface area contributed by atoms with E-state index in [1.807, 2.05) is 19.1 Å². The van der Waals surface area contributed by atoms with Gasteiger partial charge in [0.25, 0.3) is 0 Å². The van der Waals surface area contributed by atoms with Gasteiger partial charge in [0.15, 0.2) is 0 Å². The van der Waals surface area contributed by atoms with Gasteiger partial charge in [-0.25, -0.2) is 0 Å². The molecule has 0 amide bonds. The second-order valence-electron chi connectivity index (χ2n) is 3.86. The summed E-state index contributed by atoms with van der Waals surface area (Å²) in [6, 6.07) is 6.14. The van der Waals surface area contributed by atoms with Crippen molar-refractivity contribution in [2.24, 2.45) is 5.84 Å². The summed E-state index contributed by atoms with van der Waals surface area (Å²) in [4.78, 5) is 0. The number of methoxy groups -OCH3 is 1. The zero-order valence-electron chi connectivity index (χ0n) is 9.79. The zero-order valence-corrected chi connectivity index (χ0v) is 10.6. The summed E-state index contributed by atoms with van der Waals surface area (Å²) in [5.41, 5.74) is 5.07. The summed E-state index contributed by atoms with van der Waals surface area (Å²) in [6.07, 6.45) is 1.93. The van der Waals surface area contributed by atoms with Crippen LogP contribution in [-0.2, 0) is 4.74 Å². The third-order valence-corrected chi connectivity index (χ3v) is 3.05. The molecule has 0 spiro atoms. The minimum atomic E-state index is 0.158. The average molecular weight is 243 g/mol. The molecule has 1 aromatic rings. The fourth-order valence-corrected chi connectivity index (χ4v) is 1.78. The number of ether oxygens (including phenoxy) is 1. The highest BCUT2D eigenvalue weighted by molar-refractivity contribution is 6.31. The van der Waals surface area contributed by atoms with Gasteiger partial charge in [0.1, 0.15) is 0 Å². The minimum Gasteiger partial charge on any atom is -0.385 e. The molecule has 1 atom stereocenters. The summed E-state index contributed by atoms with van der Waals surface area (Å²) in [6.45, 7) is 2.75. The van der Waals surface area contributed by atoms with Gasteiger partial charge in [0.2, 0.25) is 0 Å². The molecule has 0 fully saturated rings. The lowest BCUT2D eigenvalue weighted by Crippen LogP contribution is -2.28. The molecule has 0 aromatic heterocycles. The molecule has 1 rings (SSSR count). The molecule has 0 aliphatic heterocycles. The van der Waals surface area contributed by atoms with Crippen molar-refractivity contribution in [1.29, 1.82) is 0 Å². The smallest absolute Gasteiger partial charge is 0.0462 e. The van der Waals surface area contributed by atoms with Crippen LogP contribution >= 0.6 is 11.6 Å². The van der Waals surface area contributed by atoms with Gasteiger partial charge in [0.05, 0.1) is 0 Å². The topological polar surface area (TPSA) is 47.3 Å². The first-order valence-corrected chi connectivity index (χ1v) is 5.78. The van der Waals surface area contributed by atoms with Gasteiger partial charge < -0.3 is 4.74 Å². The SMILES string of the molecule is COCCCC(NN)c1ccc(Cl)c(C)c1. The van der Waals surface area contributed by atoms with Crippen LogP contribution in [0.15, 0.2) is 18.2 Å². The number of aryl methyl sites for hydroxylation is 1. The monoisotopic (exact) mass is 242 g/mol. The lowest BCUT2D eigenvalue weighted by Gasteiger charge is -2.17. The first-order valence-electron chi connectivity index (χ1n) is 5.40. The Morgan fingerprint density at radius 2 is 2.25 bits per heavy atom. The van der Waals surface area contributed by atoms with Gasteiger partial charge in [-0.2, -0.15) is 0 Å². The minimum absolute atomic E-state index is 0.158. The fraction of sp³-hybridized carbons (Fsp3) is 0.500. The zero-order chi connectivity index (χ0) is 12.0. The van der Waals surface area contributed by atoms with Crippen LogP contribution in [0.5, 0.6) is 0 Å². The maximum Gasteiger partial charge on any atom is 0.0462 e. The van der Waals surface area contributed by atoms with Gasteiger partial charge >= 0.3 is 0 Å². The molecule has 1 aromatic carbocycles. The number of nitrogens with one attached hydrogen (secondary N) is 1. The molecule has 0 aliphatic carbocycles. The first kappa shape index (κ1) is 13.5. The molecule has 0 aliphatic rings. The van der Waals surface area contributed by atoms with Crippen molar-refractivity contribution in [2.75, 3.05) is 13.7 Å². The standard InChI is InChI=1S/C12H19ClN2O/c1-9-8-10(5-6-11(9)13)12(15-14)4-3-7-16-2/h5-6,8,12,15H,3-4,7,14H2,1-2H3. The van der Waals surface area contributed by atoms with Crippen LogP contribution in [-0.4, -0.2) is 13.7 Å². The molecule has 3 nitrogen and oxygen atoms in total. The Labute approximate surface area is 102 Å². The van der Waals surface area contributed by atoms with E-state index in [0.29, 0.717) is 0 Å². The summed E-state index contributed by atoms with van der Waals surface area (Å²) in [5, 5.41) is 0.788. The Bertz CT molecular complexity index is 331. The summed E-state index contributed by atoms with van der Waals surface area (Å²) < 4.78 is 5.03. The van der Waals surface area contributed by atoms with E-state index < -0.39 is 0 Å². The molecule has 0 bridgehead atoms. The molecule has 0 saturated heterocycles. The van der Waals surface area contributed by atoms with Gasteiger partial charge in [-0.1, -0.05) is 23.7 Å². The molecule has 90 valence electrons. The van der Waals surface area contributed by atoms with Crippen molar-refractivity contribution in [2.45, 2.75) is 25.8 Å². The average Bonchev–Trinajstić information content (AvgIpc) is 2.29. The Morgan fingerprint density at radius 3 is 2.81 bits per heavy atom. The Hall–Kier alpha value is -0.610. The number of hydrazine groups is 1. The molecule has 1 unspecified atom stereocenters. The van der Waals surface area contributed by atoms with E-state index in [9.17, 15) is 0 Å². The van der Waals surface area contributed by atoms with E-state index in [-0.39, 0.29) is 6.04 Å². The van der Waals surface area contributed by atoms with Crippen molar-refractivity contribution in [3.05, 3.63) is 34.3 Å². The highest BCUT2D eigenvalue weighted by Crippen LogP contribution is 2.23. The molecule has 0 saturated carbocycles. The second kappa shape index (κ2) is 6.86. The van der Waals surface area contributed by atoms with Gasteiger partial charge in [-0.15, -0.1) is 0 Å². The molecule has 0 heterocycles. The van der Waals surface area contributed by atoms with Crippen molar-refractivity contribution in [1.82, 2.24) is 5.43 Å². The van der Waals surface area contributed by atoms with Gasteiger partial charge in [-0.3, -0.25) is 11.3 Å². The van der Waals surface area contributed by atoms with Gasteiger partial charge in [0, 0.05) is 24.8 Å². The predicted molar refractivity (Wildman–Crippen MR) is 67.4 cm³/mol. The highest BCUT2D eigenvalue weighted by Gasteiger charge is 2.10. The number of hydrogen-bond acceptors (Lipinski definition) is 3. The van der Waals surface area contributed by atoms with Crippen LogP contribution in [0, 0.1) is 6.92 Å². The predicted octanol–water partition coefficient (Wildman–Crippen LogP) is 2.58. The highest BCUT2D eigenvalue weighted by atomic mass is 35.5. The van der Waals surface area contributed by atoms with E-state index in [0.717, 1.165) is 30.0 Å². The van der Waals surface area contributed by atoms with E-state index in [4.69, 9.17) is 22.2 Å². The summed E-state index contributed by atoms with van der Waals surface area (Å²) >= 11 is 5.98. The Kier molecular flexibility index (Phi) is 5.77. The Morgan fingerprint density at radius 1 is 1.50 bits per heavy atom. The van der Waals surface area contributed by atoms with Crippen LogP contribution in [0.25, 0.3) is 0 Å². The molecular weight excluding hydrogens is 224 g/mol. The van der Waals surface area contributed by atoms with E-state index in [1.165, 1.54) is 5.56 Å². The third kappa shape index (κ3) is 3.76. The third-order valence-electron chi connectivity index (χ3n) is 2.63. The number of nitrogens with two attached hydrogens (primary N) is 1. The molecular formula is C12H19ClN2O. The number of halogens is 1. The molecule has 16 heavy (non-hydrogen) atoms. The summed E-state index contributed by atoms with van der Waals surface area (Å²) in [5.74, 6) is 5.55. The summed E-state index contributed by atoms with van der Waals surface area (Å²) in [7, 11) is 1.71. The molecule has 3 N–H and O–H groups in total. The van der Waals surface area contributed by atoms with Crippen molar-refractivity contribution in [3.8, 4) is 0 Å². The van der Waals surface area contributed by atoms with Crippen LogP contribution in [0.4, 0.5) is 0 Å². The van der Waals surface area contributed by atoms with Crippen LogP contribution in [0.2, 0.25) is 5.02 Å². The van der Waals surface area contributed by atoms with Crippen LogP contribution in [0.3, 0.4) is 0 Å².